The van der Waals surface area contributed by atoms with Crippen LogP contribution in [0.4, 0.5) is 0 Å². The lowest BCUT2D eigenvalue weighted by molar-refractivity contribution is -0.144. The highest BCUT2D eigenvalue weighted by molar-refractivity contribution is 5.93. The Hall–Kier alpha value is -1.88. The van der Waals surface area contributed by atoms with E-state index in [0.29, 0.717) is 18.4 Å². The van der Waals surface area contributed by atoms with Gasteiger partial charge in [0.1, 0.15) is 12.2 Å². The van der Waals surface area contributed by atoms with Crippen LogP contribution in [0.15, 0.2) is 34.4 Å². The maximum Gasteiger partial charge on any atom is 0.337 e. The van der Waals surface area contributed by atoms with Crippen molar-refractivity contribution in [3.05, 3.63) is 34.4 Å². The fraction of sp³-hybridized carbons (Fsp3) is 0.529. The fourth-order valence-electron chi connectivity index (χ4n) is 2.77. The van der Waals surface area contributed by atoms with Crippen molar-refractivity contribution in [2.24, 2.45) is 0 Å². The van der Waals surface area contributed by atoms with Crippen LogP contribution in [0.2, 0.25) is 0 Å². The van der Waals surface area contributed by atoms with Gasteiger partial charge >= 0.3 is 11.9 Å². The number of esters is 2. The molecule has 2 unspecified atom stereocenters. The second-order valence-corrected chi connectivity index (χ2v) is 5.78. The molecule has 2 aliphatic rings. The molecule has 2 rings (SSSR count). The number of allylic oxidation sites excluding steroid dienone is 1. The summed E-state index contributed by atoms with van der Waals surface area (Å²) >= 11 is 0. The molecule has 0 amide bonds. The zero-order valence-corrected chi connectivity index (χ0v) is 13.2. The molecule has 22 heavy (non-hydrogen) atoms. The van der Waals surface area contributed by atoms with E-state index < -0.39 is 12.1 Å². The first-order chi connectivity index (χ1) is 10.4. The number of hydrogen-bond acceptors (Lipinski definition) is 5. The van der Waals surface area contributed by atoms with Crippen LogP contribution in [0, 0.1) is 0 Å². The molecule has 5 nitrogen and oxygen atoms in total. The molecule has 5 heteroatoms. The molecule has 0 fully saturated rings. The summed E-state index contributed by atoms with van der Waals surface area (Å²) in [6.07, 6.45) is 5.12. The normalized spacial score (nSPS) is 25.9. The van der Waals surface area contributed by atoms with Crippen molar-refractivity contribution >= 4 is 11.9 Å². The Morgan fingerprint density at radius 2 is 2.14 bits per heavy atom. The first-order valence-corrected chi connectivity index (χ1v) is 7.47. The standard InChI is InChI=1S/C17H22O5/c1-10-4-6-13-14(9-18)17(20)22-16(13)8-11(2)15(7-5-10)21-12(3)19/h5,8,15-16,18H,4,6-7,9H2,1-3H3. The van der Waals surface area contributed by atoms with Crippen LogP contribution in [0.3, 0.4) is 0 Å². The van der Waals surface area contributed by atoms with Crippen molar-refractivity contribution in [1.82, 2.24) is 0 Å². The molecule has 0 spiro atoms. The average molecular weight is 306 g/mol. The number of ether oxygens (including phenoxy) is 2. The van der Waals surface area contributed by atoms with Crippen molar-refractivity contribution in [3.63, 3.8) is 0 Å². The van der Waals surface area contributed by atoms with Crippen molar-refractivity contribution in [3.8, 4) is 0 Å². The summed E-state index contributed by atoms with van der Waals surface area (Å²) in [5.74, 6) is -0.799. The van der Waals surface area contributed by atoms with E-state index in [1.807, 2.05) is 19.9 Å². The van der Waals surface area contributed by atoms with Gasteiger partial charge in [0.25, 0.3) is 0 Å². The van der Waals surface area contributed by atoms with E-state index in [2.05, 4.69) is 6.08 Å². The van der Waals surface area contributed by atoms with Crippen molar-refractivity contribution in [2.75, 3.05) is 6.61 Å². The summed E-state index contributed by atoms with van der Waals surface area (Å²) in [5, 5.41) is 9.40. The Kier molecular flexibility index (Phi) is 5.19. The van der Waals surface area contributed by atoms with E-state index in [4.69, 9.17) is 9.47 Å². The minimum absolute atomic E-state index is 0.312. The molecule has 0 aromatic rings. The monoisotopic (exact) mass is 306 g/mol. The predicted molar refractivity (Wildman–Crippen MR) is 80.9 cm³/mol. The van der Waals surface area contributed by atoms with Gasteiger partial charge in [-0.25, -0.2) is 4.79 Å². The smallest absolute Gasteiger partial charge is 0.337 e. The zero-order valence-electron chi connectivity index (χ0n) is 13.2. The van der Waals surface area contributed by atoms with E-state index in [9.17, 15) is 14.7 Å². The predicted octanol–water partition coefficient (Wildman–Crippen LogP) is 2.21. The van der Waals surface area contributed by atoms with Crippen molar-refractivity contribution < 1.29 is 24.2 Å². The van der Waals surface area contributed by atoms with Gasteiger partial charge in [0.2, 0.25) is 0 Å². The molecule has 2 atom stereocenters. The maximum atomic E-state index is 11.8. The second-order valence-electron chi connectivity index (χ2n) is 5.78. The summed E-state index contributed by atoms with van der Waals surface area (Å²) in [7, 11) is 0. The molecule has 0 saturated carbocycles. The van der Waals surface area contributed by atoms with Crippen LogP contribution < -0.4 is 0 Å². The van der Waals surface area contributed by atoms with Crippen molar-refractivity contribution in [2.45, 2.75) is 52.2 Å². The summed E-state index contributed by atoms with van der Waals surface area (Å²) in [6, 6.07) is 0. The molecule has 0 radical (unpaired) electrons. The van der Waals surface area contributed by atoms with Crippen LogP contribution in [-0.4, -0.2) is 35.9 Å². The first kappa shape index (κ1) is 16.5. The molecule has 1 aliphatic heterocycles. The molecule has 1 aliphatic carbocycles. The lowest BCUT2D eigenvalue weighted by atomic mass is 9.93. The zero-order chi connectivity index (χ0) is 16.3. The van der Waals surface area contributed by atoms with Crippen LogP contribution in [0.1, 0.15) is 40.0 Å². The summed E-state index contributed by atoms with van der Waals surface area (Å²) in [4.78, 5) is 23.1. The maximum absolute atomic E-state index is 11.8. The number of aliphatic hydroxyl groups is 1. The largest absolute Gasteiger partial charge is 0.458 e. The highest BCUT2D eigenvalue weighted by atomic mass is 16.6. The number of carbonyl (C=O) groups is 2. The van der Waals surface area contributed by atoms with E-state index in [-0.39, 0.29) is 18.7 Å². The number of aliphatic hydroxyl groups excluding tert-OH is 1. The SMILES string of the molecule is CC(=O)OC1CC=C(C)CCC2=C(CO)C(=O)OC2C=C1C. The molecule has 1 N–H and O–H groups in total. The summed E-state index contributed by atoms with van der Waals surface area (Å²) in [5.41, 5.74) is 3.18. The quantitative estimate of drug-likeness (QED) is 0.625. The van der Waals surface area contributed by atoms with E-state index in [1.165, 1.54) is 6.92 Å². The lowest BCUT2D eigenvalue weighted by Gasteiger charge is -2.20. The van der Waals surface area contributed by atoms with E-state index in [0.717, 1.165) is 23.1 Å². The fourth-order valence-corrected chi connectivity index (χ4v) is 2.77. The number of fused-ring (bicyclic) bond motifs is 1. The molecule has 0 aromatic carbocycles. The minimum atomic E-state index is -0.474. The van der Waals surface area contributed by atoms with Gasteiger partial charge in [0.05, 0.1) is 12.2 Å². The topological polar surface area (TPSA) is 72.8 Å². The van der Waals surface area contributed by atoms with Gasteiger partial charge in [0.15, 0.2) is 0 Å². The number of hydrogen-bond donors (Lipinski definition) is 1. The molecule has 0 bridgehead atoms. The van der Waals surface area contributed by atoms with E-state index in [1.54, 1.807) is 0 Å². The Bertz CT molecular complexity index is 568. The molecular weight excluding hydrogens is 284 g/mol. The lowest BCUT2D eigenvalue weighted by Crippen LogP contribution is -2.20. The van der Waals surface area contributed by atoms with E-state index >= 15 is 0 Å². The second kappa shape index (κ2) is 6.92. The molecule has 0 aromatic heterocycles. The third kappa shape index (κ3) is 3.65. The Balaban J connectivity index is 2.38. The molecule has 120 valence electrons. The Morgan fingerprint density at radius 3 is 2.77 bits per heavy atom. The molecule has 0 saturated heterocycles. The average Bonchev–Trinajstić information content (AvgIpc) is 2.74. The van der Waals surface area contributed by atoms with Gasteiger partial charge in [-0.1, -0.05) is 11.6 Å². The Labute approximate surface area is 130 Å². The van der Waals surface area contributed by atoms with Gasteiger partial charge in [-0.15, -0.1) is 0 Å². The van der Waals surface area contributed by atoms with Crippen LogP contribution in [0.25, 0.3) is 0 Å². The van der Waals surface area contributed by atoms with Gasteiger partial charge < -0.3 is 14.6 Å². The third-order valence-electron chi connectivity index (χ3n) is 4.07. The Morgan fingerprint density at radius 1 is 1.41 bits per heavy atom. The highest BCUT2D eigenvalue weighted by Gasteiger charge is 2.32. The summed E-state index contributed by atoms with van der Waals surface area (Å²) in [6.45, 7) is 4.94. The highest BCUT2D eigenvalue weighted by Crippen LogP contribution is 2.31. The van der Waals surface area contributed by atoms with Gasteiger partial charge in [-0.3, -0.25) is 4.79 Å². The van der Waals surface area contributed by atoms with Gasteiger partial charge in [-0.05, 0) is 43.9 Å². The third-order valence-corrected chi connectivity index (χ3v) is 4.07. The molecular formula is C17H22O5. The van der Waals surface area contributed by atoms with Crippen LogP contribution in [0.5, 0.6) is 0 Å². The van der Waals surface area contributed by atoms with Crippen molar-refractivity contribution in [1.29, 1.82) is 0 Å². The molecule has 1 heterocycles. The van der Waals surface area contributed by atoms with Crippen LogP contribution in [-0.2, 0) is 19.1 Å². The number of carbonyl (C=O) groups excluding carboxylic acids is 2. The van der Waals surface area contributed by atoms with Crippen LogP contribution >= 0.6 is 0 Å². The van der Waals surface area contributed by atoms with Gasteiger partial charge in [0, 0.05) is 13.3 Å². The number of rotatable bonds is 2. The minimum Gasteiger partial charge on any atom is -0.458 e. The van der Waals surface area contributed by atoms with Gasteiger partial charge in [-0.2, -0.15) is 0 Å². The summed E-state index contributed by atoms with van der Waals surface area (Å²) < 4.78 is 10.7. The first-order valence-electron chi connectivity index (χ1n) is 7.47.